The van der Waals surface area contributed by atoms with Gasteiger partial charge in [0.15, 0.2) is 0 Å². The maximum absolute atomic E-state index is 14.1. The van der Waals surface area contributed by atoms with Crippen molar-refractivity contribution < 1.29 is 18.7 Å². The van der Waals surface area contributed by atoms with Gasteiger partial charge in [-0.05, 0) is 89.8 Å². The number of benzene rings is 2. The van der Waals surface area contributed by atoms with E-state index in [-0.39, 0.29) is 41.4 Å². The minimum Gasteiger partial charge on any atom is -0.444 e. The number of piperazine rings is 1. The predicted octanol–water partition coefficient (Wildman–Crippen LogP) is 5.91. The van der Waals surface area contributed by atoms with Gasteiger partial charge in [-0.15, -0.1) is 5.10 Å². The summed E-state index contributed by atoms with van der Waals surface area (Å²) in [5.74, 6) is -0.325. The first-order valence-corrected chi connectivity index (χ1v) is 15.7. The highest BCUT2D eigenvalue weighted by Crippen LogP contribution is 2.60. The smallest absolute Gasteiger partial charge is 0.410 e. The van der Waals surface area contributed by atoms with E-state index in [2.05, 4.69) is 29.1 Å². The Labute approximate surface area is 259 Å². The Bertz CT molecular complexity index is 1530. The van der Waals surface area contributed by atoms with Gasteiger partial charge in [0.1, 0.15) is 11.4 Å². The Kier molecular flexibility index (Phi) is 7.76. The Morgan fingerprint density at radius 1 is 1.05 bits per heavy atom. The number of aromatic nitrogens is 3. The van der Waals surface area contributed by atoms with Crippen molar-refractivity contribution in [3.63, 3.8) is 0 Å². The van der Waals surface area contributed by atoms with Gasteiger partial charge in [0.05, 0.1) is 29.2 Å². The predicted molar refractivity (Wildman–Crippen MR) is 165 cm³/mol. The molecule has 3 atom stereocenters. The lowest BCUT2D eigenvalue weighted by Crippen LogP contribution is -2.63. The van der Waals surface area contributed by atoms with Crippen molar-refractivity contribution in [2.75, 3.05) is 19.6 Å². The topological polar surface area (TPSA) is 83.8 Å². The van der Waals surface area contributed by atoms with E-state index < -0.39 is 5.60 Å². The largest absolute Gasteiger partial charge is 0.444 e. The van der Waals surface area contributed by atoms with Crippen LogP contribution in [0.2, 0.25) is 0 Å². The molecular weight excluding hydrogens is 559 g/mol. The maximum atomic E-state index is 14.1. The first kappa shape index (κ1) is 30.2. The number of aryl methyl sites for hydroxylation is 1. The molecule has 2 aromatic carbocycles. The third-order valence-corrected chi connectivity index (χ3v) is 9.44. The van der Waals surface area contributed by atoms with Crippen LogP contribution in [0.3, 0.4) is 0 Å². The average molecular weight is 603 g/mol. The van der Waals surface area contributed by atoms with E-state index in [4.69, 9.17) is 4.74 Å². The molecule has 3 heterocycles. The second kappa shape index (κ2) is 11.3. The molecule has 3 fully saturated rings. The molecule has 1 unspecified atom stereocenters. The zero-order valence-corrected chi connectivity index (χ0v) is 26.6. The normalized spacial score (nSPS) is 23.3. The van der Waals surface area contributed by atoms with Crippen LogP contribution < -0.4 is 0 Å². The van der Waals surface area contributed by atoms with E-state index in [0.717, 1.165) is 36.1 Å². The molecule has 3 aliphatic rings. The van der Waals surface area contributed by atoms with Crippen LogP contribution in [0.5, 0.6) is 0 Å². The number of hydrogen-bond acceptors (Lipinski definition) is 6. The van der Waals surface area contributed by atoms with Gasteiger partial charge < -0.3 is 14.5 Å². The monoisotopic (exact) mass is 602 g/mol. The standard InChI is InChI=1S/C34H43FN6O3/c1-22-8-13-28(31(42)40-21-34(14-7-15-34)30(40)25-9-11-26(35)12-10-25)29(16-22)41-20-27(36-37-41)19-39-23(2)17-38(18-24(39)3)32(43)44-33(4,5)6/h8-13,16,20,23-24,30H,7,14-15,17-19,21H2,1-6H3/t23-,24+,30?. The molecule has 1 spiro atoms. The van der Waals surface area contributed by atoms with Gasteiger partial charge in [0.2, 0.25) is 0 Å². The fourth-order valence-electron chi connectivity index (χ4n) is 7.15. The fourth-order valence-corrected chi connectivity index (χ4v) is 7.15. The van der Waals surface area contributed by atoms with Crippen LogP contribution >= 0.6 is 0 Å². The van der Waals surface area contributed by atoms with Crippen LogP contribution in [0.4, 0.5) is 9.18 Å². The summed E-state index contributed by atoms with van der Waals surface area (Å²) in [4.78, 5) is 32.9. The molecule has 2 amide bonds. The summed E-state index contributed by atoms with van der Waals surface area (Å²) in [6.07, 6.45) is 4.92. The molecule has 234 valence electrons. The van der Waals surface area contributed by atoms with Crippen LogP contribution in [0.15, 0.2) is 48.7 Å². The quantitative estimate of drug-likeness (QED) is 0.361. The van der Waals surface area contributed by atoms with Gasteiger partial charge in [-0.3, -0.25) is 9.69 Å². The van der Waals surface area contributed by atoms with Gasteiger partial charge in [0.25, 0.3) is 5.91 Å². The number of amides is 2. The third kappa shape index (κ3) is 5.72. The number of ether oxygens (including phenoxy) is 1. The zero-order valence-electron chi connectivity index (χ0n) is 26.6. The molecule has 1 saturated carbocycles. The highest BCUT2D eigenvalue weighted by molar-refractivity contribution is 5.98. The molecule has 9 nitrogen and oxygen atoms in total. The molecule has 3 aromatic rings. The molecule has 0 bridgehead atoms. The van der Waals surface area contributed by atoms with Crippen molar-refractivity contribution >= 4 is 12.0 Å². The average Bonchev–Trinajstić information content (AvgIpc) is 3.38. The van der Waals surface area contributed by atoms with E-state index >= 15 is 0 Å². The molecule has 2 aliphatic heterocycles. The van der Waals surface area contributed by atoms with Crippen molar-refractivity contribution in [2.24, 2.45) is 5.41 Å². The van der Waals surface area contributed by atoms with E-state index in [1.165, 1.54) is 12.1 Å². The van der Waals surface area contributed by atoms with E-state index in [1.807, 2.05) is 69.1 Å². The highest BCUT2D eigenvalue weighted by atomic mass is 19.1. The Hall–Kier alpha value is -3.79. The minimum absolute atomic E-state index is 0.0515. The Balaban J connectivity index is 1.20. The summed E-state index contributed by atoms with van der Waals surface area (Å²) >= 11 is 0. The van der Waals surface area contributed by atoms with Gasteiger partial charge in [-0.2, -0.15) is 0 Å². The first-order chi connectivity index (χ1) is 20.8. The van der Waals surface area contributed by atoms with Crippen LogP contribution in [0.25, 0.3) is 5.69 Å². The van der Waals surface area contributed by atoms with E-state index in [9.17, 15) is 14.0 Å². The third-order valence-electron chi connectivity index (χ3n) is 9.44. The van der Waals surface area contributed by atoms with Crippen LogP contribution in [-0.2, 0) is 11.3 Å². The van der Waals surface area contributed by atoms with Crippen molar-refractivity contribution in [3.05, 3.63) is 76.9 Å². The van der Waals surface area contributed by atoms with Gasteiger partial charge in [-0.1, -0.05) is 29.8 Å². The molecule has 1 aromatic heterocycles. The summed E-state index contributed by atoms with van der Waals surface area (Å²) < 4.78 is 21.0. The van der Waals surface area contributed by atoms with Crippen LogP contribution in [-0.4, -0.2) is 79.0 Å². The minimum atomic E-state index is -0.536. The zero-order chi connectivity index (χ0) is 31.4. The van der Waals surface area contributed by atoms with Crippen molar-refractivity contribution in [1.29, 1.82) is 0 Å². The van der Waals surface area contributed by atoms with Crippen molar-refractivity contribution in [2.45, 2.75) is 91.1 Å². The summed E-state index contributed by atoms with van der Waals surface area (Å²) in [5, 5.41) is 8.95. The van der Waals surface area contributed by atoms with Crippen LogP contribution in [0, 0.1) is 18.2 Å². The fraction of sp³-hybridized carbons (Fsp3) is 0.529. The Morgan fingerprint density at radius 3 is 2.34 bits per heavy atom. The second-order valence-corrected chi connectivity index (χ2v) is 14.0. The lowest BCUT2D eigenvalue weighted by Gasteiger charge is -2.62. The molecule has 6 rings (SSSR count). The molecular formula is C34H43FN6O3. The number of nitrogens with zero attached hydrogens (tertiary/aromatic N) is 6. The molecule has 0 N–H and O–H groups in total. The number of hydrogen-bond donors (Lipinski definition) is 0. The van der Waals surface area contributed by atoms with Gasteiger partial charge >= 0.3 is 6.09 Å². The second-order valence-electron chi connectivity index (χ2n) is 14.0. The molecule has 0 radical (unpaired) electrons. The van der Waals surface area contributed by atoms with Crippen molar-refractivity contribution in [3.8, 4) is 5.69 Å². The summed E-state index contributed by atoms with van der Waals surface area (Å²) in [5.41, 5.74) is 3.60. The van der Waals surface area contributed by atoms with Gasteiger partial charge in [0, 0.05) is 43.7 Å². The lowest BCUT2D eigenvalue weighted by atomic mass is 9.56. The van der Waals surface area contributed by atoms with Gasteiger partial charge in [-0.25, -0.2) is 13.9 Å². The van der Waals surface area contributed by atoms with Crippen molar-refractivity contribution in [1.82, 2.24) is 29.7 Å². The summed E-state index contributed by atoms with van der Waals surface area (Å²) in [7, 11) is 0. The SMILES string of the molecule is Cc1ccc(C(=O)N2CC3(CCC3)C2c2ccc(F)cc2)c(-n2cc(CN3[C@H](C)CN(C(=O)OC(C)(C)C)C[C@@H]3C)nn2)c1. The number of carbonyl (C=O) groups is 2. The molecule has 10 heteroatoms. The number of likely N-dealkylation sites (tertiary alicyclic amines) is 1. The number of carbonyl (C=O) groups excluding carboxylic acids is 2. The Morgan fingerprint density at radius 2 is 1.73 bits per heavy atom. The number of rotatable bonds is 5. The highest BCUT2D eigenvalue weighted by Gasteiger charge is 2.58. The molecule has 1 aliphatic carbocycles. The maximum Gasteiger partial charge on any atom is 0.410 e. The van der Waals surface area contributed by atoms with E-state index in [1.54, 1.807) is 9.58 Å². The first-order valence-electron chi connectivity index (χ1n) is 15.7. The summed E-state index contributed by atoms with van der Waals surface area (Å²) in [6, 6.07) is 12.5. The lowest BCUT2D eigenvalue weighted by molar-refractivity contribution is -0.105. The van der Waals surface area contributed by atoms with Crippen LogP contribution in [0.1, 0.15) is 87.1 Å². The molecule has 2 saturated heterocycles. The summed E-state index contributed by atoms with van der Waals surface area (Å²) in [6.45, 7) is 14.2. The molecule has 44 heavy (non-hydrogen) atoms. The van der Waals surface area contributed by atoms with E-state index in [0.29, 0.717) is 37.4 Å². The number of halogens is 1.